The molecule has 1 atom stereocenters. The first-order valence-electron chi connectivity index (χ1n) is 7.41. The van der Waals surface area contributed by atoms with E-state index in [1.54, 1.807) is 24.3 Å². The van der Waals surface area contributed by atoms with E-state index in [-0.39, 0.29) is 27.7 Å². The zero-order valence-corrected chi connectivity index (χ0v) is 14.6. The van der Waals surface area contributed by atoms with Crippen molar-refractivity contribution in [2.75, 3.05) is 0 Å². The monoisotopic (exact) mass is 398 g/mol. The Morgan fingerprint density at radius 1 is 1.08 bits per heavy atom. The molecule has 0 aliphatic carbocycles. The third kappa shape index (κ3) is 3.38. The van der Waals surface area contributed by atoms with Gasteiger partial charge in [0.25, 0.3) is 0 Å². The molecule has 1 aliphatic rings. The largest absolute Gasteiger partial charge is 0.428 e. The molecule has 26 heavy (non-hydrogen) atoms. The van der Waals surface area contributed by atoms with Crippen LogP contribution in [0.2, 0.25) is 10.0 Å². The average molecular weight is 399 g/mol. The predicted octanol–water partition coefficient (Wildman–Crippen LogP) is 5.39. The van der Waals surface area contributed by atoms with Crippen molar-refractivity contribution in [1.82, 2.24) is 5.48 Å². The van der Waals surface area contributed by atoms with Gasteiger partial charge in [0.05, 0.1) is 18.2 Å². The van der Waals surface area contributed by atoms with Crippen LogP contribution in [0, 0.1) is 11.3 Å². The Hall–Kier alpha value is -2.20. The predicted molar refractivity (Wildman–Crippen MR) is 92.2 cm³/mol. The summed E-state index contributed by atoms with van der Waals surface area (Å²) >= 11 is 11.7. The molecule has 0 spiro atoms. The van der Waals surface area contributed by atoms with Crippen LogP contribution in [-0.2, 0) is 16.9 Å². The maximum Gasteiger partial charge on any atom is 0.428 e. The van der Waals surface area contributed by atoms with Gasteiger partial charge in [0.2, 0.25) is 5.60 Å². The first-order valence-corrected chi connectivity index (χ1v) is 8.17. The van der Waals surface area contributed by atoms with Crippen molar-refractivity contribution in [2.45, 2.75) is 18.2 Å². The van der Waals surface area contributed by atoms with E-state index >= 15 is 0 Å². The van der Waals surface area contributed by atoms with Gasteiger partial charge in [-0.25, -0.2) is 0 Å². The second-order valence-electron chi connectivity index (χ2n) is 5.69. The van der Waals surface area contributed by atoms with Crippen molar-refractivity contribution >= 4 is 28.9 Å². The Balaban J connectivity index is 2.06. The molecule has 2 aromatic rings. The molecule has 0 bridgehead atoms. The zero-order chi connectivity index (χ0) is 18.9. The van der Waals surface area contributed by atoms with E-state index in [0.29, 0.717) is 5.56 Å². The lowest BCUT2D eigenvalue weighted by molar-refractivity contribution is -0.269. The number of hydrogen-bond acceptors (Lipinski definition) is 3. The standard InChI is InChI=1S/C18H11Cl2F3N2O/c19-14-7-13(8-15(20)9-14)17(18(21,22)23)10-16(25-26-17)12-3-1-11(2-4-12)5-6-24/h1-4,7-10,25H,5H2. The molecule has 8 heteroatoms. The lowest BCUT2D eigenvalue weighted by atomic mass is 9.91. The van der Waals surface area contributed by atoms with E-state index in [9.17, 15) is 13.2 Å². The van der Waals surface area contributed by atoms with E-state index in [1.807, 2.05) is 6.07 Å². The lowest BCUT2D eigenvalue weighted by Crippen LogP contribution is -2.42. The molecule has 1 N–H and O–H groups in total. The smallest absolute Gasteiger partial charge is 0.265 e. The van der Waals surface area contributed by atoms with Gasteiger partial charge >= 0.3 is 6.18 Å². The van der Waals surface area contributed by atoms with Crippen molar-refractivity contribution in [3.63, 3.8) is 0 Å². The molecule has 0 aromatic heterocycles. The SMILES string of the molecule is N#CCc1ccc(C2=CC(c3cc(Cl)cc(Cl)c3)(C(F)(F)F)ON2)cc1. The van der Waals surface area contributed by atoms with Crippen molar-refractivity contribution in [3.05, 3.63) is 75.3 Å². The van der Waals surface area contributed by atoms with Gasteiger partial charge in [-0.1, -0.05) is 47.5 Å². The summed E-state index contributed by atoms with van der Waals surface area (Å²) in [6, 6.07) is 12.3. The van der Waals surface area contributed by atoms with Crippen molar-refractivity contribution < 1.29 is 18.0 Å². The highest BCUT2D eigenvalue weighted by Gasteiger charge is 2.59. The fourth-order valence-electron chi connectivity index (χ4n) is 2.65. The van der Waals surface area contributed by atoms with Crippen LogP contribution >= 0.6 is 23.2 Å². The van der Waals surface area contributed by atoms with E-state index in [1.165, 1.54) is 6.07 Å². The number of hydrogen-bond donors (Lipinski definition) is 1. The van der Waals surface area contributed by atoms with Gasteiger partial charge in [-0.05, 0) is 35.4 Å². The van der Waals surface area contributed by atoms with Gasteiger partial charge in [-0.3, -0.25) is 10.3 Å². The van der Waals surface area contributed by atoms with Crippen LogP contribution in [0.5, 0.6) is 0 Å². The third-order valence-corrected chi connectivity index (χ3v) is 4.37. The molecule has 3 rings (SSSR count). The summed E-state index contributed by atoms with van der Waals surface area (Å²) in [6.45, 7) is 0. The van der Waals surface area contributed by atoms with Crippen LogP contribution in [0.4, 0.5) is 13.2 Å². The minimum atomic E-state index is -4.75. The summed E-state index contributed by atoms with van der Waals surface area (Å²) in [7, 11) is 0. The molecule has 1 heterocycles. The van der Waals surface area contributed by atoms with E-state index in [2.05, 4.69) is 5.48 Å². The van der Waals surface area contributed by atoms with Crippen LogP contribution in [-0.4, -0.2) is 6.18 Å². The van der Waals surface area contributed by atoms with Crippen LogP contribution < -0.4 is 5.48 Å². The van der Waals surface area contributed by atoms with Gasteiger partial charge in [0, 0.05) is 15.6 Å². The fraction of sp³-hybridized carbons (Fsp3) is 0.167. The Bertz CT molecular complexity index is 884. The Morgan fingerprint density at radius 3 is 2.23 bits per heavy atom. The van der Waals surface area contributed by atoms with Crippen LogP contribution in [0.25, 0.3) is 5.70 Å². The van der Waals surface area contributed by atoms with E-state index in [0.717, 1.165) is 23.8 Å². The summed E-state index contributed by atoms with van der Waals surface area (Å²) in [6.07, 6.45) is -3.58. The van der Waals surface area contributed by atoms with Gasteiger partial charge in [0.15, 0.2) is 0 Å². The van der Waals surface area contributed by atoms with Gasteiger partial charge in [0.1, 0.15) is 0 Å². The second kappa shape index (κ2) is 6.84. The molecule has 2 aromatic carbocycles. The van der Waals surface area contributed by atoms with Gasteiger partial charge in [-0.2, -0.15) is 18.4 Å². The number of halogens is 5. The molecule has 0 radical (unpaired) electrons. The summed E-state index contributed by atoms with van der Waals surface area (Å²) in [5.74, 6) is 0. The van der Waals surface area contributed by atoms with Gasteiger partial charge < -0.3 is 0 Å². The summed E-state index contributed by atoms with van der Waals surface area (Å²) < 4.78 is 41.7. The normalized spacial score (nSPS) is 19.6. The number of alkyl halides is 3. The van der Waals surface area contributed by atoms with Crippen LogP contribution in [0.15, 0.2) is 48.5 Å². The van der Waals surface area contributed by atoms with Crippen LogP contribution in [0.3, 0.4) is 0 Å². The molecular formula is C18H11Cl2F3N2O. The van der Waals surface area contributed by atoms with Crippen molar-refractivity contribution in [3.8, 4) is 6.07 Å². The molecule has 1 unspecified atom stereocenters. The average Bonchev–Trinajstić information content (AvgIpc) is 3.01. The summed E-state index contributed by atoms with van der Waals surface area (Å²) in [4.78, 5) is 5.01. The molecule has 3 nitrogen and oxygen atoms in total. The van der Waals surface area contributed by atoms with E-state index < -0.39 is 11.8 Å². The first-order chi connectivity index (χ1) is 12.2. The highest BCUT2D eigenvalue weighted by Crippen LogP contribution is 2.48. The van der Waals surface area contributed by atoms with Crippen molar-refractivity contribution in [2.24, 2.45) is 0 Å². The minimum absolute atomic E-state index is 0.0717. The molecule has 0 saturated heterocycles. The topological polar surface area (TPSA) is 45.0 Å². The van der Waals surface area contributed by atoms with E-state index in [4.69, 9.17) is 33.3 Å². The first kappa shape index (κ1) is 18.6. The number of hydroxylamine groups is 1. The third-order valence-electron chi connectivity index (χ3n) is 3.93. The second-order valence-corrected chi connectivity index (χ2v) is 6.56. The quantitative estimate of drug-likeness (QED) is 0.753. The molecular weight excluding hydrogens is 388 g/mol. The summed E-state index contributed by atoms with van der Waals surface area (Å²) in [5, 5.41) is 8.83. The minimum Gasteiger partial charge on any atom is -0.265 e. The molecule has 1 aliphatic heterocycles. The molecule has 134 valence electrons. The fourth-order valence-corrected chi connectivity index (χ4v) is 3.17. The number of nitrogens with zero attached hydrogens (tertiary/aromatic N) is 1. The molecule has 0 fully saturated rings. The highest BCUT2D eigenvalue weighted by molar-refractivity contribution is 6.34. The lowest BCUT2D eigenvalue weighted by Gasteiger charge is -2.28. The number of nitrogens with one attached hydrogen (secondary N) is 1. The molecule has 0 amide bonds. The van der Waals surface area contributed by atoms with Gasteiger partial charge in [-0.15, -0.1) is 0 Å². The number of nitriles is 1. The van der Waals surface area contributed by atoms with Crippen molar-refractivity contribution in [1.29, 1.82) is 5.26 Å². The van der Waals surface area contributed by atoms with Crippen LogP contribution in [0.1, 0.15) is 16.7 Å². The Labute approximate surface area is 157 Å². The number of rotatable bonds is 3. The highest BCUT2D eigenvalue weighted by atomic mass is 35.5. The number of benzene rings is 2. The Kier molecular flexibility index (Phi) is 4.89. The summed E-state index contributed by atoms with van der Waals surface area (Å²) in [5.41, 5.74) is 0.808. The molecule has 0 saturated carbocycles. The maximum absolute atomic E-state index is 13.9. The zero-order valence-electron chi connectivity index (χ0n) is 13.1. The Morgan fingerprint density at radius 2 is 1.69 bits per heavy atom. The maximum atomic E-state index is 13.9.